The summed E-state index contributed by atoms with van der Waals surface area (Å²) in [6.45, 7) is 0.174. The van der Waals surface area contributed by atoms with Crippen molar-refractivity contribution >= 4 is 35.2 Å². The summed E-state index contributed by atoms with van der Waals surface area (Å²) in [5, 5.41) is 8.09. The third-order valence-electron chi connectivity index (χ3n) is 3.63. The first kappa shape index (κ1) is 18.8. The molecule has 9 heteroatoms. The zero-order valence-corrected chi connectivity index (χ0v) is 15.6. The van der Waals surface area contributed by atoms with E-state index in [1.165, 1.54) is 0 Å². The van der Waals surface area contributed by atoms with Gasteiger partial charge in [-0.3, -0.25) is 5.32 Å². The van der Waals surface area contributed by atoms with E-state index in [1.807, 2.05) is 42.5 Å². The number of halogens is 2. The highest BCUT2D eigenvalue weighted by Crippen LogP contribution is 2.26. The lowest BCUT2D eigenvalue weighted by molar-refractivity contribution is 0.253. The molecule has 0 aliphatic heterocycles. The van der Waals surface area contributed by atoms with Crippen LogP contribution in [0, 0.1) is 0 Å². The average Bonchev–Trinajstić information content (AvgIpc) is 3.05. The molecule has 0 aliphatic rings. The Morgan fingerprint density at radius 1 is 1.04 bits per heavy atom. The van der Waals surface area contributed by atoms with Gasteiger partial charge in [-0.05, 0) is 42.5 Å². The monoisotopic (exact) mass is 402 g/mol. The number of nitrogens with two attached hydrogens (primary N) is 2. The second-order valence-corrected chi connectivity index (χ2v) is 6.48. The van der Waals surface area contributed by atoms with Gasteiger partial charge < -0.3 is 11.5 Å². The molecule has 138 valence electrons. The molecule has 1 aromatic heterocycles. The van der Waals surface area contributed by atoms with Crippen molar-refractivity contribution in [3.05, 3.63) is 70.3 Å². The molecule has 0 saturated heterocycles. The van der Waals surface area contributed by atoms with Gasteiger partial charge in [-0.15, -0.1) is 0 Å². The molecule has 7 nitrogen and oxygen atoms in total. The molecule has 5 N–H and O–H groups in total. The van der Waals surface area contributed by atoms with Crippen LogP contribution in [-0.4, -0.2) is 21.8 Å². The Kier molecular flexibility index (Phi) is 5.63. The zero-order chi connectivity index (χ0) is 19.4. The topological polar surface area (TPSA) is 111 Å². The van der Waals surface area contributed by atoms with E-state index < -0.39 is 6.03 Å². The van der Waals surface area contributed by atoms with Crippen LogP contribution in [0.3, 0.4) is 0 Å². The number of aliphatic imine (C=N–C) groups is 1. The molecule has 0 atom stereocenters. The molecule has 2 amide bonds. The molecule has 3 aromatic rings. The Bertz CT molecular complexity index is 917. The van der Waals surface area contributed by atoms with E-state index in [1.54, 1.807) is 16.8 Å². The fourth-order valence-electron chi connectivity index (χ4n) is 2.44. The van der Waals surface area contributed by atoms with Gasteiger partial charge in [0.15, 0.2) is 5.96 Å². The molecular weight excluding hydrogens is 387 g/mol. The Balaban J connectivity index is 1.99. The standard InChI is InChI=1S/C18H16Cl2N6O/c19-12-3-1-11(2-4-12)16-9-14(10-23-17(21)24-18(22)27)25-26(16)15-7-5-13(20)6-8-15/h1-9H,10H2,(H5,21,22,23,24,27). The van der Waals surface area contributed by atoms with Gasteiger partial charge in [-0.1, -0.05) is 35.3 Å². The van der Waals surface area contributed by atoms with Gasteiger partial charge in [0, 0.05) is 15.6 Å². The van der Waals surface area contributed by atoms with Gasteiger partial charge in [0.25, 0.3) is 0 Å². The molecule has 0 fully saturated rings. The van der Waals surface area contributed by atoms with Gasteiger partial charge in [0.2, 0.25) is 0 Å². The highest BCUT2D eigenvalue weighted by atomic mass is 35.5. The van der Waals surface area contributed by atoms with E-state index in [0.717, 1.165) is 16.9 Å². The third kappa shape index (κ3) is 4.78. The maximum Gasteiger partial charge on any atom is 0.318 e. The fraction of sp³-hybridized carbons (Fsp3) is 0.0556. The molecule has 0 aliphatic carbocycles. The van der Waals surface area contributed by atoms with Crippen LogP contribution in [0.4, 0.5) is 4.79 Å². The van der Waals surface area contributed by atoms with E-state index in [4.69, 9.17) is 34.7 Å². The van der Waals surface area contributed by atoms with Gasteiger partial charge >= 0.3 is 6.03 Å². The van der Waals surface area contributed by atoms with Crippen LogP contribution in [-0.2, 0) is 6.54 Å². The minimum atomic E-state index is -0.773. The number of amides is 2. The number of primary amides is 1. The number of benzene rings is 2. The fourth-order valence-corrected chi connectivity index (χ4v) is 2.70. The normalized spacial score (nSPS) is 11.4. The van der Waals surface area contributed by atoms with Crippen molar-refractivity contribution in [2.24, 2.45) is 16.5 Å². The Hall–Kier alpha value is -3.03. The zero-order valence-electron chi connectivity index (χ0n) is 14.1. The lowest BCUT2D eigenvalue weighted by atomic mass is 10.1. The first-order valence-corrected chi connectivity index (χ1v) is 8.65. The smallest absolute Gasteiger partial charge is 0.318 e. The second-order valence-electron chi connectivity index (χ2n) is 5.61. The number of guanidine groups is 1. The number of hydrogen-bond donors (Lipinski definition) is 3. The summed E-state index contributed by atoms with van der Waals surface area (Å²) in [6.07, 6.45) is 0. The van der Waals surface area contributed by atoms with Crippen molar-refractivity contribution < 1.29 is 4.79 Å². The van der Waals surface area contributed by atoms with Crippen LogP contribution in [0.15, 0.2) is 59.6 Å². The minimum absolute atomic E-state index is 0.0726. The van der Waals surface area contributed by atoms with Crippen molar-refractivity contribution in [2.75, 3.05) is 0 Å². The van der Waals surface area contributed by atoms with Crippen LogP contribution in [0.2, 0.25) is 10.0 Å². The number of nitrogens with zero attached hydrogens (tertiary/aromatic N) is 3. The van der Waals surface area contributed by atoms with Crippen molar-refractivity contribution in [3.63, 3.8) is 0 Å². The van der Waals surface area contributed by atoms with Crippen molar-refractivity contribution in [3.8, 4) is 16.9 Å². The molecule has 1 heterocycles. The lowest BCUT2D eigenvalue weighted by Gasteiger charge is -2.08. The molecule has 0 saturated carbocycles. The molecular formula is C18H16Cl2N6O. The summed E-state index contributed by atoms with van der Waals surface area (Å²) in [6, 6.07) is 15.8. The first-order chi connectivity index (χ1) is 12.9. The lowest BCUT2D eigenvalue weighted by Crippen LogP contribution is -2.40. The molecule has 0 spiro atoms. The summed E-state index contributed by atoms with van der Waals surface area (Å²) in [5.41, 5.74) is 13.9. The van der Waals surface area contributed by atoms with Crippen LogP contribution in [0.5, 0.6) is 0 Å². The Labute approximate surface area is 165 Å². The number of urea groups is 1. The van der Waals surface area contributed by atoms with E-state index >= 15 is 0 Å². The molecule has 0 bridgehead atoms. The number of hydrogen-bond acceptors (Lipinski definition) is 3. The third-order valence-corrected chi connectivity index (χ3v) is 4.14. The van der Waals surface area contributed by atoms with Gasteiger partial charge in [0.05, 0.1) is 23.6 Å². The second kappa shape index (κ2) is 8.11. The Morgan fingerprint density at radius 2 is 1.63 bits per heavy atom. The summed E-state index contributed by atoms with van der Waals surface area (Å²) < 4.78 is 1.78. The quantitative estimate of drug-likeness (QED) is 0.459. The van der Waals surface area contributed by atoms with Crippen molar-refractivity contribution in [1.82, 2.24) is 15.1 Å². The van der Waals surface area contributed by atoms with Crippen LogP contribution in [0.1, 0.15) is 5.69 Å². The van der Waals surface area contributed by atoms with Gasteiger partial charge in [-0.2, -0.15) is 5.10 Å². The van der Waals surface area contributed by atoms with Gasteiger partial charge in [-0.25, -0.2) is 14.5 Å². The SMILES string of the molecule is NC(=O)NC(N)=NCc1cc(-c2ccc(Cl)cc2)n(-c2ccc(Cl)cc2)n1. The molecule has 0 unspecified atom stereocenters. The molecule has 0 radical (unpaired) electrons. The highest BCUT2D eigenvalue weighted by Gasteiger charge is 2.12. The van der Waals surface area contributed by atoms with E-state index in [2.05, 4.69) is 15.4 Å². The van der Waals surface area contributed by atoms with E-state index in [-0.39, 0.29) is 12.5 Å². The number of aromatic nitrogens is 2. The summed E-state index contributed by atoms with van der Waals surface area (Å²) in [7, 11) is 0. The summed E-state index contributed by atoms with van der Waals surface area (Å²) >= 11 is 12.0. The maximum absolute atomic E-state index is 10.8. The molecule has 3 rings (SSSR count). The number of carbonyl (C=O) groups is 1. The highest BCUT2D eigenvalue weighted by molar-refractivity contribution is 6.30. The molecule has 2 aromatic carbocycles. The minimum Gasteiger partial charge on any atom is -0.370 e. The van der Waals surface area contributed by atoms with Crippen LogP contribution < -0.4 is 16.8 Å². The van der Waals surface area contributed by atoms with Crippen molar-refractivity contribution in [1.29, 1.82) is 0 Å². The van der Waals surface area contributed by atoms with Crippen molar-refractivity contribution in [2.45, 2.75) is 6.54 Å². The predicted molar refractivity (Wildman–Crippen MR) is 107 cm³/mol. The molecule has 27 heavy (non-hydrogen) atoms. The van der Waals surface area contributed by atoms with Gasteiger partial charge in [0.1, 0.15) is 0 Å². The first-order valence-electron chi connectivity index (χ1n) is 7.89. The predicted octanol–water partition coefficient (Wildman–Crippen LogP) is 3.33. The number of nitrogens with one attached hydrogen (secondary N) is 1. The maximum atomic E-state index is 10.8. The van der Waals surface area contributed by atoms with E-state index in [9.17, 15) is 4.79 Å². The summed E-state index contributed by atoms with van der Waals surface area (Å²) in [5.74, 6) is -0.0726. The van der Waals surface area contributed by atoms with E-state index in [0.29, 0.717) is 15.7 Å². The number of carbonyl (C=O) groups excluding carboxylic acids is 1. The van der Waals surface area contributed by atoms with Crippen LogP contribution >= 0.6 is 23.2 Å². The number of rotatable bonds is 4. The largest absolute Gasteiger partial charge is 0.370 e. The summed E-state index contributed by atoms with van der Waals surface area (Å²) in [4.78, 5) is 14.9. The Morgan fingerprint density at radius 3 is 2.22 bits per heavy atom. The average molecular weight is 403 g/mol. The van der Waals surface area contributed by atoms with Crippen LogP contribution in [0.25, 0.3) is 16.9 Å².